The van der Waals surface area contributed by atoms with Gasteiger partial charge in [-0.1, -0.05) is 11.6 Å². The molecule has 1 aromatic rings. The van der Waals surface area contributed by atoms with Crippen molar-refractivity contribution in [1.29, 1.82) is 0 Å². The lowest BCUT2D eigenvalue weighted by atomic mass is 9.76. The predicted octanol–water partition coefficient (Wildman–Crippen LogP) is 1.89. The molecule has 8 nitrogen and oxygen atoms in total. The molecule has 3 N–H and O–H groups in total. The average molecular weight is 408 g/mol. The number of carbonyl (C=O) groups excluding carboxylic acids is 3. The van der Waals surface area contributed by atoms with Crippen LogP contribution in [0.5, 0.6) is 11.5 Å². The monoisotopic (exact) mass is 407 g/mol. The van der Waals surface area contributed by atoms with Gasteiger partial charge in [-0.05, 0) is 43.4 Å². The quantitative estimate of drug-likeness (QED) is 0.663. The topological polar surface area (TPSA) is 106 Å². The molecule has 1 aliphatic carbocycles. The summed E-state index contributed by atoms with van der Waals surface area (Å²) in [5.74, 6) is 0.591. The minimum atomic E-state index is -0.851. The van der Waals surface area contributed by atoms with Crippen LogP contribution in [-0.2, 0) is 16.1 Å². The molecule has 0 radical (unpaired) electrons. The molecule has 4 amide bonds. The van der Waals surface area contributed by atoms with E-state index in [9.17, 15) is 14.4 Å². The Kier molecular flexibility index (Phi) is 5.05. The highest BCUT2D eigenvalue weighted by atomic mass is 35.5. The van der Waals surface area contributed by atoms with Gasteiger partial charge in [-0.15, -0.1) is 0 Å². The number of fused-ring (bicyclic) bond motifs is 1. The molecule has 2 aliphatic heterocycles. The largest absolute Gasteiger partial charge is 0.489 e. The van der Waals surface area contributed by atoms with E-state index in [1.165, 1.54) is 0 Å². The molecule has 1 saturated heterocycles. The van der Waals surface area contributed by atoms with Crippen molar-refractivity contribution in [3.8, 4) is 11.5 Å². The van der Waals surface area contributed by atoms with Crippen LogP contribution in [0.15, 0.2) is 12.1 Å². The first-order valence-electron chi connectivity index (χ1n) is 9.46. The van der Waals surface area contributed by atoms with E-state index < -0.39 is 11.6 Å². The molecular formula is C19H22ClN3O5. The van der Waals surface area contributed by atoms with Gasteiger partial charge < -0.3 is 20.1 Å². The van der Waals surface area contributed by atoms with Gasteiger partial charge in [-0.3, -0.25) is 14.9 Å². The number of benzene rings is 1. The van der Waals surface area contributed by atoms with Gasteiger partial charge in [0.05, 0.1) is 18.2 Å². The van der Waals surface area contributed by atoms with Crippen LogP contribution in [0.1, 0.15) is 37.7 Å². The van der Waals surface area contributed by atoms with Crippen LogP contribution in [0.2, 0.25) is 5.02 Å². The minimum absolute atomic E-state index is 0.0668. The highest BCUT2D eigenvalue weighted by Crippen LogP contribution is 2.38. The van der Waals surface area contributed by atoms with Crippen molar-refractivity contribution in [1.82, 2.24) is 16.0 Å². The van der Waals surface area contributed by atoms with E-state index in [-0.39, 0.29) is 17.7 Å². The van der Waals surface area contributed by atoms with Crippen LogP contribution in [0.3, 0.4) is 0 Å². The Morgan fingerprint density at radius 3 is 2.68 bits per heavy atom. The number of hydrogen-bond acceptors (Lipinski definition) is 5. The number of hydrogen-bond donors (Lipinski definition) is 3. The fraction of sp³-hybridized carbons (Fsp3) is 0.526. The standard InChI is InChI=1S/C19H22ClN3O5/c20-13-8-11(9-14-15(13)28-7-1-6-27-14)10-21-16(24)12-2-4-19(5-3-12)17(25)22-18(26)23-19/h8-9,12H,1-7,10H2,(H,21,24)(H2,22,23,25,26). The highest BCUT2D eigenvalue weighted by Gasteiger charge is 2.48. The highest BCUT2D eigenvalue weighted by molar-refractivity contribution is 6.32. The lowest BCUT2D eigenvalue weighted by Crippen LogP contribution is -2.50. The number of imide groups is 1. The first-order valence-corrected chi connectivity index (χ1v) is 9.84. The second-order valence-electron chi connectivity index (χ2n) is 7.44. The fourth-order valence-corrected chi connectivity index (χ4v) is 4.26. The maximum Gasteiger partial charge on any atom is 0.322 e. The summed E-state index contributed by atoms with van der Waals surface area (Å²) in [6.45, 7) is 1.45. The molecule has 0 bridgehead atoms. The van der Waals surface area contributed by atoms with Gasteiger partial charge in [0, 0.05) is 18.9 Å². The summed E-state index contributed by atoms with van der Waals surface area (Å²) in [6.07, 6.45) is 2.79. The van der Waals surface area contributed by atoms with E-state index in [1.54, 1.807) is 6.07 Å². The zero-order valence-electron chi connectivity index (χ0n) is 15.3. The zero-order chi connectivity index (χ0) is 19.7. The minimum Gasteiger partial charge on any atom is -0.489 e. The van der Waals surface area contributed by atoms with Crippen LogP contribution >= 0.6 is 11.6 Å². The lowest BCUT2D eigenvalue weighted by Gasteiger charge is -2.33. The second kappa shape index (κ2) is 7.50. The first kappa shape index (κ1) is 18.9. The van der Waals surface area contributed by atoms with Crippen LogP contribution in [-0.4, -0.2) is 36.6 Å². The van der Waals surface area contributed by atoms with Crippen molar-refractivity contribution in [3.05, 3.63) is 22.7 Å². The molecule has 2 heterocycles. The van der Waals surface area contributed by atoms with Gasteiger partial charge in [0.25, 0.3) is 5.91 Å². The Morgan fingerprint density at radius 1 is 1.21 bits per heavy atom. The Bertz CT molecular complexity index is 820. The van der Waals surface area contributed by atoms with E-state index in [0.717, 1.165) is 12.0 Å². The van der Waals surface area contributed by atoms with Crippen LogP contribution in [0.4, 0.5) is 4.79 Å². The number of carbonyl (C=O) groups is 3. The van der Waals surface area contributed by atoms with Gasteiger partial charge in [-0.25, -0.2) is 4.79 Å². The number of halogens is 1. The maximum absolute atomic E-state index is 12.6. The van der Waals surface area contributed by atoms with Crippen molar-refractivity contribution >= 4 is 29.4 Å². The Morgan fingerprint density at radius 2 is 1.96 bits per heavy atom. The second-order valence-corrected chi connectivity index (χ2v) is 7.85. The Labute approximate surface area is 167 Å². The van der Waals surface area contributed by atoms with Crippen LogP contribution in [0.25, 0.3) is 0 Å². The van der Waals surface area contributed by atoms with E-state index in [4.69, 9.17) is 21.1 Å². The van der Waals surface area contributed by atoms with Gasteiger partial charge in [0.15, 0.2) is 11.5 Å². The number of ether oxygens (including phenoxy) is 2. The average Bonchev–Trinajstić information content (AvgIpc) is 2.84. The van der Waals surface area contributed by atoms with E-state index in [2.05, 4.69) is 16.0 Å². The normalized spacial score (nSPS) is 26.4. The predicted molar refractivity (Wildman–Crippen MR) is 100 cm³/mol. The molecule has 1 aromatic carbocycles. The third kappa shape index (κ3) is 3.61. The summed E-state index contributed by atoms with van der Waals surface area (Å²) < 4.78 is 11.3. The Hall–Kier alpha value is -2.48. The summed E-state index contributed by atoms with van der Waals surface area (Å²) >= 11 is 6.29. The summed E-state index contributed by atoms with van der Waals surface area (Å²) in [7, 11) is 0. The van der Waals surface area contributed by atoms with Crippen LogP contribution in [0, 0.1) is 5.92 Å². The molecule has 28 heavy (non-hydrogen) atoms. The molecule has 2 fully saturated rings. The number of urea groups is 1. The maximum atomic E-state index is 12.6. The number of nitrogens with one attached hydrogen (secondary N) is 3. The molecule has 0 unspecified atom stereocenters. The molecule has 4 rings (SSSR count). The SMILES string of the molecule is O=C1NC(=O)C2(CCC(C(=O)NCc3cc(Cl)c4c(c3)OCCCO4)CC2)N1. The van der Waals surface area contributed by atoms with Crippen molar-refractivity contribution in [2.24, 2.45) is 5.92 Å². The van der Waals surface area contributed by atoms with Gasteiger partial charge >= 0.3 is 6.03 Å². The smallest absolute Gasteiger partial charge is 0.322 e. The third-order valence-electron chi connectivity index (χ3n) is 5.55. The van der Waals surface area contributed by atoms with Gasteiger partial charge in [-0.2, -0.15) is 0 Å². The van der Waals surface area contributed by atoms with E-state index in [0.29, 0.717) is 62.0 Å². The number of amides is 4. The molecule has 1 spiro atoms. The summed E-state index contributed by atoms with van der Waals surface area (Å²) in [5.41, 5.74) is -0.0206. The van der Waals surface area contributed by atoms with E-state index >= 15 is 0 Å². The summed E-state index contributed by atoms with van der Waals surface area (Å²) in [5, 5.41) is 8.38. The summed E-state index contributed by atoms with van der Waals surface area (Å²) in [4.78, 5) is 36.0. The molecule has 9 heteroatoms. The van der Waals surface area contributed by atoms with Gasteiger partial charge in [0.2, 0.25) is 5.91 Å². The molecule has 150 valence electrons. The molecule has 0 atom stereocenters. The van der Waals surface area contributed by atoms with Crippen molar-refractivity contribution in [2.75, 3.05) is 13.2 Å². The van der Waals surface area contributed by atoms with E-state index in [1.807, 2.05) is 6.07 Å². The Balaban J connectivity index is 1.34. The lowest BCUT2D eigenvalue weighted by molar-refractivity contribution is -0.130. The zero-order valence-corrected chi connectivity index (χ0v) is 16.1. The number of rotatable bonds is 3. The first-order chi connectivity index (χ1) is 13.5. The van der Waals surface area contributed by atoms with Crippen molar-refractivity contribution in [3.63, 3.8) is 0 Å². The van der Waals surface area contributed by atoms with Crippen molar-refractivity contribution in [2.45, 2.75) is 44.2 Å². The van der Waals surface area contributed by atoms with Crippen LogP contribution < -0.4 is 25.4 Å². The molecular weight excluding hydrogens is 386 g/mol. The van der Waals surface area contributed by atoms with Gasteiger partial charge in [0.1, 0.15) is 5.54 Å². The molecule has 3 aliphatic rings. The van der Waals surface area contributed by atoms with Crippen molar-refractivity contribution < 1.29 is 23.9 Å². The summed E-state index contributed by atoms with van der Waals surface area (Å²) in [6, 6.07) is 3.14. The molecule has 0 aromatic heterocycles. The third-order valence-corrected chi connectivity index (χ3v) is 5.83. The fourth-order valence-electron chi connectivity index (χ4n) is 3.97. The molecule has 1 saturated carbocycles.